The second kappa shape index (κ2) is 10.7. The highest BCUT2D eigenvalue weighted by molar-refractivity contribution is 6.33. The summed E-state index contributed by atoms with van der Waals surface area (Å²) in [6, 6.07) is 16.0. The molecule has 2 atom stereocenters. The maximum absolute atomic E-state index is 15.5. The van der Waals surface area contributed by atoms with Crippen LogP contribution in [0.15, 0.2) is 66.9 Å². The Balaban J connectivity index is 1.26. The Hall–Kier alpha value is -4.04. The highest BCUT2D eigenvalue weighted by Crippen LogP contribution is 2.44. The van der Waals surface area contributed by atoms with Gasteiger partial charge in [-0.3, -0.25) is 14.4 Å². The van der Waals surface area contributed by atoms with Crippen molar-refractivity contribution in [1.29, 1.82) is 0 Å². The minimum Gasteiger partial charge on any atom is -0.337 e. The number of anilines is 1. The lowest BCUT2D eigenvalue weighted by Gasteiger charge is -2.24. The molecule has 41 heavy (non-hydrogen) atoms. The summed E-state index contributed by atoms with van der Waals surface area (Å²) in [7, 11) is 0. The van der Waals surface area contributed by atoms with Gasteiger partial charge in [-0.05, 0) is 43.4 Å². The van der Waals surface area contributed by atoms with E-state index in [-0.39, 0.29) is 36.5 Å². The Labute approximate surface area is 240 Å². The average Bonchev–Trinajstić information content (AvgIpc) is 3.62. The molecule has 1 saturated carbocycles. The first-order valence-corrected chi connectivity index (χ1v) is 14.0. The number of likely N-dealkylation sites (tertiary alicyclic amines) is 1. The van der Waals surface area contributed by atoms with E-state index < -0.39 is 29.8 Å². The summed E-state index contributed by atoms with van der Waals surface area (Å²) in [4.78, 5) is 40.5. The smallest absolute Gasteiger partial charge is 0.247 e. The lowest BCUT2D eigenvalue weighted by molar-refractivity contribution is -0.137. The first-order chi connectivity index (χ1) is 19.7. The van der Waals surface area contributed by atoms with Crippen molar-refractivity contribution in [2.45, 2.75) is 50.9 Å². The number of aromatic nitrogens is 1. The third-order valence-electron chi connectivity index (χ3n) is 7.93. The summed E-state index contributed by atoms with van der Waals surface area (Å²) in [5.41, 5.74) is 3.02. The summed E-state index contributed by atoms with van der Waals surface area (Å²) >= 11 is 6.25. The molecule has 2 heterocycles. The Morgan fingerprint density at radius 1 is 1.00 bits per heavy atom. The number of halogens is 3. The van der Waals surface area contributed by atoms with E-state index in [1.165, 1.54) is 17.9 Å². The number of para-hydroxylation sites is 1. The van der Waals surface area contributed by atoms with E-state index in [1.54, 1.807) is 47.2 Å². The molecule has 0 radical (unpaired) electrons. The van der Waals surface area contributed by atoms with Crippen LogP contribution in [-0.4, -0.2) is 45.8 Å². The molecule has 9 heteroatoms. The molecular weight excluding hydrogens is 548 g/mol. The van der Waals surface area contributed by atoms with Gasteiger partial charge in [0.2, 0.25) is 11.8 Å². The maximum Gasteiger partial charge on any atom is 0.247 e. The lowest BCUT2D eigenvalue weighted by Crippen LogP contribution is -2.44. The number of carbonyl (C=O) groups excluding carboxylic acids is 3. The van der Waals surface area contributed by atoms with Crippen molar-refractivity contribution in [3.63, 3.8) is 0 Å². The van der Waals surface area contributed by atoms with Crippen LogP contribution in [0.5, 0.6) is 0 Å². The fraction of sp³-hybridized carbons (Fsp3) is 0.281. The zero-order chi connectivity index (χ0) is 28.8. The van der Waals surface area contributed by atoms with Crippen molar-refractivity contribution in [2.75, 3.05) is 11.9 Å². The normalized spacial score (nSPS) is 18.6. The van der Waals surface area contributed by atoms with Gasteiger partial charge in [0.25, 0.3) is 0 Å². The SMILES string of the molecule is CC(=O)c1cn(CC(=O)N2CC(F)CC2C(=O)Nc2cccc(-c3ccccc3Cl)c2F)c2c(C3CC3)cccc12. The molecule has 4 aromatic rings. The van der Waals surface area contributed by atoms with Crippen molar-refractivity contribution in [3.05, 3.63) is 88.8 Å². The van der Waals surface area contributed by atoms with Gasteiger partial charge in [-0.15, -0.1) is 0 Å². The van der Waals surface area contributed by atoms with E-state index in [2.05, 4.69) is 5.32 Å². The van der Waals surface area contributed by atoms with Crippen LogP contribution in [0.2, 0.25) is 5.02 Å². The number of ketones is 1. The van der Waals surface area contributed by atoms with E-state index in [4.69, 9.17) is 11.6 Å². The van der Waals surface area contributed by atoms with Gasteiger partial charge in [0.05, 0.1) is 17.7 Å². The summed E-state index contributed by atoms with van der Waals surface area (Å²) in [5.74, 6) is -1.54. The van der Waals surface area contributed by atoms with Gasteiger partial charge in [-0.1, -0.05) is 60.1 Å². The molecule has 1 aliphatic carbocycles. The zero-order valence-corrected chi connectivity index (χ0v) is 23.1. The van der Waals surface area contributed by atoms with Crippen LogP contribution in [0, 0.1) is 5.82 Å². The van der Waals surface area contributed by atoms with E-state index in [9.17, 15) is 18.8 Å². The van der Waals surface area contributed by atoms with Crippen molar-refractivity contribution < 1.29 is 23.2 Å². The van der Waals surface area contributed by atoms with E-state index >= 15 is 4.39 Å². The van der Waals surface area contributed by atoms with Gasteiger partial charge in [0, 0.05) is 39.7 Å². The number of nitrogens with zero attached hydrogens (tertiary/aromatic N) is 2. The highest BCUT2D eigenvalue weighted by Gasteiger charge is 2.40. The minimum atomic E-state index is -1.40. The number of alkyl halides is 1. The topological polar surface area (TPSA) is 71.4 Å². The maximum atomic E-state index is 15.5. The first-order valence-electron chi connectivity index (χ1n) is 13.6. The monoisotopic (exact) mass is 575 g/mol. The third kappa shape index (κ3) is 5.12. The number of benzene rings is 3. The Morgan fingerprint density at radius 3 is 2.46 bits per heavy atom. The fourth-order valence-electron chi connectivity index (χ4n) is 5.80. The van der Waals surface area contributed by atoms with Crippen molar-refractivity contribution in [3.8, 4) is 11.1 Å². The van der Waals surface area contributed by atoms with Crippen LogP contribution < -0.4 is 5.32 Å². The number of rotatable bonds is 7. The summed E-state index contributed by atoms with van der Waals surface area (Å²) in [5, 5.41) is 3.70. The predicted molar refractivity (Wildman–Crippen MR) is 154 cm³/mol. The van der Waals surface area contributed by atoms with E-state index in [0.29, 0.717) is 22.1 Å². The van der Waals surface area contributed by atoms with E-state index in [0.717, 1.165) is 29.3 Å². The standard InChI is InChI=1S/C32H28ClF2N3O3/c1-18(39)25-16-37(31-21(19-12-13-19)7-4-9-24(25)31)17-29(40)38-15-20(34)14-28(38)32(41)36-27-11-5-8-23(30(27)35)22-6-2-3-10-26(22)33/h2-11,16,19-20,28H,12-15,17H2,1H3,(H,36,41). The molecular formula is C32H28ClF2N3O3. The van der Waals surface area contributed by atoms with Crippen LogP contribution in [0.1, 0.15) is 48.0 Å². The second-order valence-electron chi connectivity index (χ2n) is 10.8. The zero-order valence-electron chi connectivity index (χ0n) is 22.4. The first kappa shape index (κ1) is 27.1. The molecule has 2 aliphatic rings. The molecule has 0 bridgehead atoms. The van der Waals surface area contributed by atoms with Gasteiger partial charge in [-0.2, -0.15) is 0 Å². The van der Waals surface area contributed by atoms with Crippen LogP contribution in [0.25, 0.3) is 22.0 Å². The van der Waals surface area contributed by atoms with Crippen LogP contribution >= 0.6 is 11.6 Å². The second-order valence-corrected chi connectivity index (χ2v) is 11.2. The number of fused-ring (bicyclic) bond motifs is 1. The van der Waals surface area contributed by atoms with Gasteiger partial charge < -0.3 is 14.8 Å². The molecule has 1 aliphatic heterocycles. The quantitative estimate of drug-likeness (QED) is 0.248. The van der Waals surface area contributed by atoms with Gasteiger partial charge in [0.15, 0.2) is 11.6 Å². The van der Waals surface area contributed by atoms with E-state index in [1.807, 2.05) is 18.2 Å². The average molecular weight is 576 g/mol. The van der Waals surface area contributed by atoms with Crippen molar-refractivity contribution >= 4 is 45.8 Å². The highest BCUT2D eigenvalue weighted by atomic mass is 35.5. The molecule has 0 spiro atoms. The predicted octanol–water partition coefficient (Wildman–Crippen LogP) is 6.76. The Bertz CT molecular complexity index is 1700. The minimum absolute atomic E-state index is 0.0845. The number of Topliss-reactive ketones (excluding diaryl/α,β-unsaturated/α-hetero) is 1. The molecule has 1 N–H and O–H groups in total. The molecule has 210 valence electrons. The fourth-order valence-corrected chi connectivity index (χ4v) is 6.03. The van der Waals surface area contributed by atoms with Gasteiger partial charge in [0.1, 0.15) is 18.8 Å². The largest absolute Gasteiger partial charge is 0.337 e. The molecule has 2 fully saturated rings. The molecule has 2 amide bonds. The number of hydrogen-bond acceptors (Lipinski definition) is 3. The van der Waals surface area contributed by atoms with Crippen LogP contribution in [0.3, 0.4) is 0 Å². The van der Waals surface area contributed by atoms with Crippen molar-refractivity contribution in [2.24, 2.45) is 0 Å². The van der Waals surface area contributed by atoms with Crippen LogP contribution in [0.4, 0.5) is 14.5 Å². The summed E-state index contributed by atoms with van der Waals surface area (Å²) in [6.07, 6.45) is 2.16. The summed E-state index contributed by atoms with van der Waals surface area (Å²) < 4.78 is 31.9. The number of hydrogen-bond donors (Lipinski definition) is 1. The number of nitrogens with one attached hydrogen (secondary N) is 1. The Kier molecular flexibility index (Phi) is 7.11. The molecule has 6 rings (SSSR count). The van der Waals surface area contributed by atoms with Crippen molar-refractivity contribution in [1.82, 2.24) is 9.47 Å². The molecule has 3 aromatic carbocycles. The molecule has 2 unspecified atom stereocenters. The Morgan fingerprint density at radius 2 is 1.73 bits per heavy atom. The summed E-state index contributed by atoms with van der Waals surface area (Å²) in [6.45, 7) is 1.09. The van der Waals surface area contributed by atoms with Crippen LogP contribution in [-0.2, 0) is 16.1 Å². The molecule has 1 aromatic heterocycles. The molecule has 1 saturated heterocycles. The van der Waals surface area contributed by atoms with Gasteiger partial charge in [-0.25, -0.2) is 8.78 Å². The van der Waals surface area contributed by atoms with Gasteiger partial charge >= 0.3 is 0 Å². The lowest BCUT2D eigenvalue weighted by atomic mass is 10.0. The number of amides is 2. The number of carbonyl (C=O) groups is 3. The molecule has 6 nitrogen and oxygen atoms in total. The third-order valence-corrected chi connectivity index (χ3v) is 8.25.